The van der Waals surface area contributed by atoms with Crippen LogP contribution in [0.25, 0.3) is 16.3 Å². The Hall–Kier alpha value is -2.98. The lowest BCUT2D eigenvalue weighted by molar-refractivity contribution is 0.0240. The largest absolute Gasteiger partial charge is 0.444 e. The zero-order chi connectivity index (χ0) is 28.2. The lowest BCUT2D eigenvalue weighted by atomic mass is 10.2. The maximum absolute atomic E-state index is 13.5. The van der Waals surface area contributed by atoms with Crippen molar-refractivity contribution in [1.29, 1.82) is 0 Å². The third-order valence-corrected chi connectivity index (χ3v) is 8.93. The molecule has 0 radical (unpaired) electrons. The molecular weight excluding hydrogens is 559 g/mol. The van der Waals surface area contributed by atoms with E-state index in [1.54, 1.807) is 25.7 Å². The van der Waals surface area contributed by atoms with Crippen LogP contribution in [0.4, 0.5) is 23.7 Å². The van der Waals surface area contributed by atoms with Crippen molar-refractivity contribution >= 4 is 38.7 Å². The fraction of sp³-hybridized carbons (Fsp3) is 0.565. The summed E-state index contributed by atoms with van der Waals surface area (Å²) in [4.78, 5) is 20.2. The van der Waals surface area contributed by atoms with Crippen LogP contribution >= 0.6 is 11.3 Å². The van der Waals surface area contributed by atoms with E-state index in [1.165, 1.54) is 22.9 Å². The van der Waals surface area contributed by atoms with Gasteiger partial charge in [0.1, 0.15) is 17.2 Å². The maximum atomic E-state index is 13.5. The summed E-state index contributed by atoms with van der Waals surface area (Å²) in [6.07, 6.45) is 0.353. The number of nitrogens with zero attached hydrogens (tertiary/aromatic N) is 6. The number of anilines is 1. The second kappa shape index (κ2) is 9.89. The molecule has 0 atom stereocenters. The molecule has 1 amide bonds. The Kier molecular flexibility index (Phi) is 6.99. The molecule has 0 unspecified atom stereocenters. The molecule has 39 heavy (non-hydrogen) atoms. The standard InChI is InChI=1S/C23H28F3N7O4S2/c1-22(2,3)37-21(34)32-8-6-31(7-9-32)15-10-14(39(35,36)30-23(13-24)4-5-23)12-33-16(15)11-27-18(33)20-29-28-19(38-20)17(25)26/h10-12,17,30H,4-9,13H2,1-3H3. The maximum Gasteiger partial charge on any atom is 0.410 e. The number of fused-ring (bicyclic) bond motifs is 1. The Morgan fingerprint density at radius 2 is 1.90 bits per heavy atom. The SMILES string of the molecule is CC(C)(C)OC(=O)N1CCN(c2cc(S(=O)(=O)NC3(CF)CC3)cn3c(-c4nnc(C(F)F)s4)ncc23)CC1. The van der Waals surface area contributed by atoms with Gasteiger partial charge in [-0.05, 0) is 39.7 Å². The molecule has 0 bridgehead atoms. The highest BCUT2D eigenvalue weighted by atomic mass is 32.2. The third-order valence-electron chi connectivity index (χ3n) is 6.46. The minimum atomic E-state index is -4.15. The number of imidazole rings is 1. The number of nitrogens with one attached hydrogen (secondary N) is 1. The number of piperazine rings is 1. The summed E-state index contributed by atoms with van der Waals surface area (Å²) in [5.74, 6) is 0.145. The minimum Gasteiger partial charge on any atom is -0.444 e. The Balaban J connectivity index is 1.52. The molecule has 5 rings (SSSR count). The summed E-state index contributed by atoms with van der Waals surface area (Å²) in [7, 11) is -4.15. The average molecular weight is 588 g/mol. The molecule has 2 fully saturated rings. The molecule has 2 aliphatic rings. The summed E-state index contributed by atoms with van der Waals surface area (Å²) in [5, 5.41) is 6.95. The van der Waals surface area contributed by atoms with Crippen LogP contribution in [0.2, 0.25) is 0 Å². The first-order chi connectivity index (χ1) is 18.3. The summed E-state index contributed by atoms with van der Waals surface area (Å²) in [5.41, 5.74) is -0.743. The molecular formula is C23H28F3N7O4S2. The number of aromatic nitrogens is 4. The van der Waals surface area contributed by atoms with Crippen LogP contribution in [0.1, 0.15) is 45.0 Å². The zero-order valence-corrected chi connectivity index (χ0v) is 23.2. The molecule has 3 aromatic rings. The number of amides is 1. The van der Waals surface area contributed by atoms with E-state index in [2.05, 4.69) is 19.9 Å². The second-order valence-electron chi connectivity index (χ2n) is 10.6. The van der Waals surface area contributed by atoms with Crippen molar-refractivity contribution in [2.24, 2.45) is 0 Å². The summed E-state index contributed by atoms with van der Waals surface area (Å²) in [6.45, 7) is 5.92. The number of hydrogen-bond donors (Lipinski definition) is 1. The number of carbonyl (C=O) groups excluding carboxylic acids is 1. The van der Waals surface area contributed by atoms with E-state index >= 15 is 0 Å². The monoisotopic (exact) mass is 587 g/mol. The van der Waals surface area contributed by atoms with Crippen molar-refractivity contribution in [2.45, 2.75) is 56.1 Å². The first-order valence-electron chi connectivity index (χ1n) is 12.3. The van der Waals surface area contributed by atoms with Gasteiger partial charge in [-0.2, -0.15) is 0 Å². The fourth-order valence-corrected chi connectivity index (χ4v) is 6.39. The van der Waals surface area contributed by atoms with Gasteiger partial charge in [-0.25, -0.2) is 36.1 Å². The van der Waals surface area contributed by atoms with E-state index in [9.17, 15) is 26.4 Å². The van der Waals surface area contributed by atoms with Gasteiger partial charge in [-0.1, -0.05) is 11.3 Å². The van der Waals surface area contributed by atoms with Gasteiger partial charge in [-0.15, -0.1) is 10.2 Å². The molecule has 3 aromatic heterocycles. The highest BCUT2D eigenvalue weighted by Gasteiger charge is 2.46. The fourth-order valence-electron chi connectivity index (χ4n) is 4.24. The molecule has 4 heterocycles. The molecule has 212 valence electrons. The van der Waals surface area contributed by atoms with Gasteiger partial charge < -0.3 is 14.5 Å². The Bertz CT molecular complexity index is 1490. The van der Waals surface area contributed by atoms with Crippen LogP contribution in [-0.4, -0.2) is 83.0 Å². The van der Waals surface area contributed by atoms with Crippen molar-refractivity contribution in [1.82, 2.24) is 29.2 Å². The number of ether oxygens (including phenoxy) is 1. The van der Waals surface area contributed by atoms with E-state index in [-0.39, 0.29) is 15.7 Å². The van der Waals surface area contributed by atoms with Gasteiger partial charge in [0.05, 0.1) is 22.9 Å². The first kappa shape index (κ1) is 27.6. The van der Waals surface area contributed by atoms with Gasteiger partial charge in [0.15, 0.2) is 15.8 Å². The molecule has 11 nitrogen and oxygen atoms in total. The number of carbonyl (C=O) groups is 1. The zero-order valence-electron chi connectivity index (χ0n) is 21.5. The third kappa shape index (κ3) is 5.68. The first-order valence-corrected chi connectivity index (χ1v) is 14.6. The van der Waals surface area contributed by atoms with Crippen molar-refractivity contribution < 1.29 is 31.1 Å². The predicted octanol–water partition coefficient (Wildman–Crippen LogP) is 3.63. The van der Waals surface area contributed by atoms with Crippen LogP contribution < -0.4 is 9.62 Å². The van der Waals surface area contributed by atoms with Crippen molar-refractivity contribution in [3.8, 4) is 10.8 Å². The Morgan fingerprint density at radius 1 is 1.21 bits per heavy atom. The van der Waals surface area contributed by atoms with Crippen LogP contribution in [0.5, 0.6) is 0 Å². The van der Waals surface area contributed by atoms with E-state index in [0.717, 1.165) is 0 Å². The highest BCUT2D eigenvalue weighted by molar-refractivity contribution is 7.89. The molecule has 1 saturated carbocycles. The smallest absolute Gasteiger partial charge is 0.410 e. The van der Waals surface area contributed by atoms with E-state index < -0.39 is 45.4 Å². The molecule has 1 aliphatic carbocycles. The molecule has 1 saturated heterocycles. The van der Waals surface area contributed by atoms with E-state index in [4.69, 9.17) is 4.74 Å². The molecule has 16 heteroatoms. The van der Waals surface area contributed by atoms with Gasteiger partial charge in [0.25, 0.3) is 6.43 Å². The summed E-state index contributed by atoms with van der Waals surface area (Å²) >= 11 is 0.658. The lowest BCUT2D eigenvalue weighted by Crippen LogP contribution is -2.50. The summed E-state index contributed by atoms with van der Waals surface area (Å²) in [6, 6.07) is 1.48. The van der Waals surface area contributed by atoms with Gasteiger partial charge in [-0.3, -0.25) is 4.40 Å². The number of hydrogen-bond acceptors (Lipinski definition) is 9. The quantitative estimate of drug-likeness (QED) is 0.445. The predicted molar refractivity (Wildman–Crippen MR) is 137 cm³/mol. The van der Waals surface area contributed by atoms with Crippen LogP contribution in [0, 0.1) is 0 Å². The van der Waals surface area contributed by atoms with Gasteiger partial charge >= 0.3 is 6.09 Å². The van der Waals surface area contributed by atoms with Crippen LogP contribution in [-0.2, 0) is 14.8 Å². The Morgan fingerprint density at radius 3 is 2.46 bits per heavy atom. The average Bonchev–Trinajstić information content (AvgIpc) is 3.26. The van der Waals surface area contributed by atoms with Gasteiger partial charge in [0, 0.05) is 32.4 Å². The summed E-state index contributed by atoms with van der Waals surface area (Å²) < 4.78 is 75.9. The van der Waals surface area contributed by atoms with Crippen molar-refractivity contribution in [2.75, 3.05) is 37.8 Å². The number of rotatable bonds is 7. The normalized spacial score (nSPS) is 17.7. The minimum absolute atomic E-state index is 0.0934. The second-order valence-corrected chi connectivity index (χ2v) is 13.3. The van der Waals surface area contributed by atoms with E-state index in [1.807, 2.05) is 4.90 Å². The molecule has 0 spiro atoms. The topological polar surface area (TPSA) is 122 Å². The number of alkyl halides is 3. The van der Waals surface area contributed by atoms with Crippen molar-refractivity contribution in [3.63, 3.8) is 0 Å². The highest BCUT2D eigenvalue weighted by Crippen LogP contribution is 2.38. The number of halogens is 3. The van der Waals surface area contributed by atoms with E-state index in [0.29, 0.717) is 61.6 Å². The van der Waals surface area contributed by atoms with Crippen LogP contribution in [0.15, 0.2) is 23.4 Å². The number of pyridine rings is 1. The van der Waals surface area contributed by atoms with Crippen LogP contribution in [0.3, 0.4) is 0 Å². The number of sulfonamides is 1. The van der Waals surface area contributed by atoms with Gasteiger partial charge in [0.2, 0.25) is 10.0 Å². The molecule has 0 aromatic carbocycles. The molecule has 1 N–H and O–H groups in total. The van der Waals surface area contributed by atoms with Crippen molar-refractivity contribution in [3.05, 3.63) is 23.5 Å². The Labute approximate surface area is 227 Å². The lowest BCUT2D eigenvalue weighted by Gasteiger charge is -2.37. The molecule has 1 aliphatic heterocycles.